The lowest BCUT2D eigenvalue weighted by molar-refractivity contribution is 0.0697. The summed E-state index contributed by atoms with van der Waals surface area (Å²) in [6.45, 7) is 1.70. The van der Waals surface area contributed by atoms with E-state index in [4.69, 9.17) is 6.42 Å². The van der Waals surface area contributed by atoms with Crippen LogP contribution in [-0.2, 0) is 0 Å². The van der Waals surface area contributed by atoms with Crippen molar-refractivity contribution in [3.05, 3.63) is 59.0 Å². The number of carbonyl (C=O) groups is 1. The third kappa shape index (κ3) is 2.44. The molecular weight excluding hydrogens is 316 g/mol. The molecule has 7 heteroatoms. The fraction of sp³-hybridized carbons (Fsp3) is 0.0588. The Bertz CT molecular complexity index is 1020. The zero-order valence-electron chi connectivity index (χ0n) is 12.5. The second-order valence-corrected chi connectivity index (χ2v) is 5.13. The zero-order chi connectivity index (χ0) is 17.4. The predicted molar refractivity (Wildman–Crippen MR) is 84.5 cm³/mol. The molecule has 0 aliphatic carbocycles. The molecule has 0 aliphatic rings. The number of aromatic carboxylic acids is 1. The van der Waals surface area contributed by atoms with Crippen LogP contribution in [0.5, 0.6) is 0 Å². The lowest BCUT2D eigenvalue weighted by atomic mass is 10.1. The Morgan fingerprint density at radius 1 is 1.42 bits per heavy atom. The molecule has 2 aromatic heterocycles. The van der Waals surface area contributed by atoms with E-state index in [9.17, 15) is 18.7 Å². The highest BCUT2D eigenvalue weighted by Gasteiger charge is 2.21. The molecular formula is C17H11F2N3O2. The standard InChI is InChI=1S/C17H11F2N3O2/c1-3-10-7-20-16-14(19)15(11(17(23)24)8-22(10)16)21-13-5-4-9(2)6-12(13)18/h1,4-8,21H,2H3,(H,23,24). The van der Waals surface area contributed by atoms with Crippen molar-refractivity contribution in [2.45, 2.75) is 6.92 Å². The maximum absolute atomic E-state index is 14.7. The average Bonchev–Trinajstić information content (AvgIpc) is 2.95. The Balaban J connectivity index is 2.23. The Morgan fingerprint density at radius 2 is 2.17 bits per heavy atom. The molecule has 2 heterocycles. The van der Waals surface area contributed by atoms with Crippen molar-refractivity contribution in [2.24, 2.45) is 0 Å². The van der Waals surface area contributed by atoms with Crippen molar-refractivity contribution >= 4 is 23.0 Å². The van der Waals surface area contributed by atoms with E-state index in [1.54, 1.807) is 13.0 Å². The summed E-state index contributed by atoms with van der Waals surface area (Å²) in [4.78, 5) is 15.3. The van der Waals surface area contributed by atoms with Gasteiger partial charge >= 0.3 is 5.97 Å². The number of nitrogens with zero attached hydrogens (tertiary/aromatic N) is 2. The first-order chi connectivity index (χ1) is 11.4. The molecule has 0 aliphatic heterocycles. The van der Waals surface area contributed by atoms with Gasteiger partial charge in [0.05, 0.1) is 17.6 Å². The minimum atomic E-state index is -1.39. The van der Waals surface area contributed by atoms with Gasteiger partial charge in [0.1, 0.15) is 17.1 Å². The maximum Gasteiger partial charge on any atom is 0.339 e. The summed E-state index contributed by atoms with van der Waals surface area (Å²) in [6, 6.07) is 4.28. The summed E-state index contributed by atoms with van der Waals surface area (Å²) in [7, 11) is 0. The molecule has 1 aromatic carbocycles. The third-order valence-electron chi connectivity index (χ3n) is 3.50. The Kier molecular flexibility index (Phi) is 3.66. The second-order valence-electron chi connectivity index (χ2n) is 5.13. The summed E-state index contributed by atoms with van der Waals surface area (Å²) in [5, 5.41) is 11.9. The molecule has 0 amide bonds. The van der Waals surface area contributed by atoms with E-state index < -0.39 is 23.2 Å². The highest BCUT2D eigenvalue weighted by molar-refractivity contribution is 5.96. The van der Waals surface area contributed by atoms with E-state index in [1.165, 1.54) is 18.3 Å². The molecule has 3 aromatic rings. The van der Waals surface area contributed by atoms with Gasteiger partial charge in [0.15, 0.2) is 11.5 Å². The fourth-order valence-corrected chi connectivity index (χ4v) is 2.32. The van der Waals surface area contributed by atoms with Crippen molar-refractivity contribution < 1.29 is 18.7 Å². The summed E-state index contributed by atoms with van der Waals surface area (Å²) in [5.41, 5.74) is -0.0849. The quantitative estimate of drug-likeness (QED) is 0.724. The van der Waals surface area contributed by atoms with Gasteiger partial charge in [-0.1, -0.05) is 12.0 Å². The lowest BCUT2D eigenvalue weighted by Crippen LogP contribution is -2.09. The number of nitrogens with one attached hydrogen (secondary N) is 1. The van der Waals surface area contributed by atoms with E-state index >= 15 is 0 Å². The molecule has 120 valence electrons. The molecule has 0 bridgehead atoms. The van der Waals surface area contributed by atoms with Crippen LogP contribution in [0.1, 0.15) is 21.6 Å². The van der Waals surface area contributed by atoms with E-state index in [-0.39, 0.29) is 22.7 Å². The average molecular weight is 327 g/mol. The molecule has 0 radical (unpaired) electrons. The molecule has 0 unspecified atom stereocenters. The second kappa shape index (κ2) is 5.66. The summed E-state index contributed by atoms with van der Waals surface area (Å²) < 4.78 is 29.9. The van der Waals surface area contributed by atoms with Crippen LogP contribution >= 0.6 is 0 Å². The molecule has 3 rings (SSSR count). The van der Waals surface area contributed by atoms with Gasteiger partial charge in [0.2, 0.25) is 0 Å². The molecule has 0 saturated heterocycles. The van der Waals surface area contributed by atoms with Crippen molar-refractivity contribution in [3.63, 3.8) is 0 Å². The summed E-state index contributed by atoms with van der Waals surface area (Å²) >= 11 is 0. The van der Waals surface area contributed by atoms with Gasteiger partial charge in [0, 0.05) is 6.20 Å². The first-order valence-electron chi connectivity index (χ1n) is 6.85. The number of halogens is 2. The molecule has 0 atom stereocenters. The molecule has 0 saturated carbocycles. The number of pyridine rings is 1. The number of aryl methyl sites for hydroxylation is 1. The van der Waals surface area contributed by atoms with Gasteiger partial charge < -0.3 is 10.4 Å². The third-order valence-corrected chi connectivity index (χ3v) is 3.50. The molecule has 24 heavy (non-hydrogen) atoms. The van der Waals surface area contributed by atoms with Gasteiger partial charge in [-0.15, -0.1) is 6.42 Å². The predicted octanol–water partition coefficient (Wildman–Crippen LogP) is 3.34. The molecule has 5 nitrogen and oxygen atoms in total. The van der Waals surface area contributed by atoms with Crippen molar-refractivity contribution in [1.82, 2.24) is 9.38 Å². The number of hydrogen-bond donors (Lipinski definition) is 2. The fourth-order valence-electron chi connectivity index (χ4n) is 2.32. The van der Waals surface area contributed by atoms with Gasteiger partial charge in [-0.2, -0.15) is 0 Å². The highest BCUT2D eigenvalue weighted by atomic mass is 19.1. The highest BCUT2D eigenvalue weighted by Crippen LogP contribution is 2.29. The number of carboxylic acids is 1. The van der Waals surface area contributed by atoms with Crippen LogP contribution in [0.3, 0.4) is 0 Å². The number of aromatic nitrogens is 2. The Morgan fingerprint density at radius 3 is 2.79 bits per heavy atom. The van der Waals surface area contributed by atoms with Crippen molar-refractivity contribution in [1.29, 1.82) is 0 Å². The minimum absolute atomic E-state index is 0.0462. The topological polar surface area (TPSA) is 66.6 Å². The monoisotopic (exact) mass is 327 g/mol. The number of carboxylic acid groups (broad SMARTS) is 1. The van der Waals surface area contributed by atoms with Crippen LogP contribution in [0.2, 0.25) is 0 Å². The Labute approximate surface area is 135 Å². The number of rotatable bonds is 3. The van der Waals surface area contributed by atoms with Crippen LogP contribution in [0.15, 0.2) is 30.6 Å². The maximum atomic E-state index is 14.7. The van der Waals surface area contributed by atoms with Gasteiger partial charge in [-0.05, 0) is 24.6 Å². The molecule has 0 fully saturated rings. The number of hydrogen-bond acceptors (Lipinski definition) is 3. The van der Waals surface area contributed by atoms with E-state index in [1.807, 2.05) is 0 Å². The van der Waals surface area contributed by atoms with E-state index in [0.29, 0.717) is 5.56 Å². The molecule has 2 N–H and O–H groups in total. The van der Waals surface area contributed by atoms with Crippen LogP contribution in [-0.4, -0.2) is 20.5 Å². The number of terminal acetylenes is 1. The normalized spacial score (nSPS) is 10.6. The van der Waals surface area contributed by atoms with Gasteiger partial charge in [0.25, 0.3) is 0 Å². The number of benzene rings is 1. The first-order valence-corrected chi connectivity index (χ1v) is 6.85. The first kappa shape index (κ1) is 15.5. The number of anilines is 2. The van der Waals surface area contributed by atoms with Crippen molar-refractivity contribution in [3.8, 4) is 12.3 Å². The largest absolute Gasteiger partial charge is 0.478 e. The summed E-state index contributed by atoms with van der Waals surface area (Å²) in [5.74, 6) is -0.659. The van der Waals surface area contributed by atoms with Crippen LogP contribution in [0.4, 0.5) is 20.2 Å². The molecule has 0 spiro atoms. The van der Waals surface area contributed by atoms with E-state index in [0.717, 1.165) is 10.6 Å². The van der Waals surface area contributed by atoms with Gasteiger partial charge in [-0.3, -0.25) is 4.40 Å². The SMILES string of the molecule is C#Cc1cnc2c(F)c(Nc3ccc(C)cc3F)c(C(=O)O)cn12. The number of imidazole rings is 1. The zero-order valence-corrected chi connectivity index (χ0v) is 12.5. The minimum Gasteiger partial charge on any atom is -0.478 e. The van der Waals surface area contributed by atoms with Crippen LogP contribution in [0.25, 0.3) is 5.65 Å². The van der Waals surface area contributed by atoms with Gasteiger partial charge in [-0.25, -0.2) is 18.6 Å². The summed E-state index contributed by atoms with van der Waals surface area (Å²) in [6.07, 6.45) is 7.69. The van der Waals surface area contributed by atoms with Crippen molar-refractivity contribution in [2.75, 3.05) is 5.32 Å². The lowest BCUT2D eigenvalue weighted by Gasteiger charge is -2.13. The van der Waals surface area contributed by atoms with Crippen LogP contribution < -0.4 is 5.32 Å². The smallest absolute Gasteiger partial charge is 0.339 e. The van der Waals surface area contributed by atoms with Crippen LogP contribution in [0, 0.1) is 30.9 Å². The van der Waals surface area contributed by atoms with E-state index in [2.05, 4.69) is 16.2 Å². The number of fused-ring (bicyclic) bond motifs is 1. The Hall–Kier alpha value is -3.40.